The Kier molecular flexibility index (Phi) is 5.47. The molecule has 0 spiro atoms. The molecule has 0 saturated heterocycles. The monoisotopic (exact) mass is 363 g/mol. The van der Waals surface area contributed by atoms with E-state index in [0.717, 1.165) is 27.8 Å². The molecule has 0 radical (unpaired) electrons. The Labute approximate surface area is 148 Å². The lowest BCUT2D eigenvalue weighted by Gasteiger charge is -2.13. The first-order chi connectivity index (χ1) is 11.6. The number of thioether (sulfide) groups is 1. The molecule has 24 heavy (non-hydrogen) atoms. The molecule has 1 atom stereocenters. The lowest BCUT2D eigenvalue weighted by atomic mass is 10.2. The number of aromatic nitrogens is 3. The molecule has 0 aliphatic carbocycles. The molecule has 8 heteroatoms. The number of nitrogens with zero attached hydrogens (tertiary/aromatic N) is 3. The van der Waals surface area contributed by atoms with Crippen molar-refractivity contribution in [3.05, 3.63) is 36.4 Å². The number of fused-ring (bicyclic) bond motifs is 1. The molecule has 2 aromatic heterocycles. The van der Waals surface area contributed by atoms with Crippen LogP contribution < -0.4 is 10.6 Å². The number of halogens is 1. The van der Waals surface area contributed by atoms with Crippen LogP contribution in [-0.4, -0.2) is 34.3 Å². The van der Waals surface area contributed by atoms with Crippen LogP contribution in [0.15, 0.2) is 35.5 Å². The highest BCUT2D eigenvalue weighted by Gasteiger charge is 2.07. The lowest BCUT2D eigenvalue weighted by molar-refractivity contribution is 0.629. The molecule has 0 unspecified atom stereocenters. The van der Waals surface area contributed by atoms with Gasteiger partial charge in [0, 0.05) is 36.4 Å². The normalized spacial score (nSPS) is 12.3. The van der Waals surface area contributed by atoms with E-state index >= 15 is 0 Å². The number of rotatable bonds is 7. The highest BCUT2D eigenvalue weighted by molar-refractivity contribution is 7.98. The zero-order valence-electron chi connectivity index (χ0n) is 13.4. The van der Waals surface area contributed by atoms with Gasteiger partial charge in [-0.3, -0.25) is 0 Å². The molecule has 3 rings (SSSR count). The fourth-order valence-electron chi connectivity index (χ4n) is 2.09. The molecule has 1 aromatic carbocycles. The Morgan fingerprint density at radius 2 is 1.96 bits per heavy atom. The van der Waals surface area contributed by atoms with E-state index in [4.69, 9.17) is 0 Å². The molecular weight excluding hydrogens is 345 g/mol. The summed E-state index contributed by atoms with van der Waals surface area (Å²) in [7, 11) is 0. The number of thiazole rings is 1. The molecule has 0 aliphatic rings. The van der Waals surface area contributed by atoms with Crippen molar-refractivity contribution in [2.45, 2.75) is 11.8 Å². The first-order valence-corrected chi connectivity index (χ1v) is 9.58. The van der Waals surface area contributed by atoms with Crippen molar-refractivity contribution in [1.82, 2.24) is 15.0 Å². The van der Waals surface area contributed by atoms with Gasteiger partial charge >= 0.3 is 0 Å². The van der Waals surface area contributed by atoms with Crippen molar-refractivity contribution in [3.8, 4) is 0 Å². The van der Waals surface area contributed by atoms with Gasteiger partial charge in [0.1, 0.15) is 5.82 Å². The van der Waals surface area contributed by atoms with E-state index in [2.05, 4.69) is 32.5 Å². The summed E-state index contributed by atoms with van der Waals surface area (Å²) in [6.45, 7) is 3.65. The second-order valence-corrected chi connectivity index (χ2v) is 7.35. The van der Waals surface area contributed by atoms with Crippen molar-refractivity contribution >= 4 is 44.4 Å². The van der Waals surface area contributed by atoms with Crippen LogP contribution in [0.3, 0.4) is 0 Å². The summed E-state index contributed by atoms with van der Waals surface area (Å²) in [4.78, 5) is 14.0. The maximum absolute atomic E-state index is 13.2. The van der Waals surface area contributed by atoms with Crippen LogP contribution in [0, 0.1) is 11.7 Å². The third kappa shape index (κ3) is 4.33. The van der Waals surface area contributed by atoms with Crippen molar-refractivity contribution in [2.24, 2.45) is 5.92 Å². The fourth-order valence-corrected chi connectivity index (χ4v) is 3.26. The predicted octanol–water partition coefficient (Wildman–Crippen LogP) is 4.11. The van der Waals surface area contributed by atoms with Crippen LogP contribution >= 0.6 is 23.1 Å². The predicted molar refractivity (Wildman–Crippen MR) is 99.5 cm³/mol. The maximum Gasteiger partial charge on any atom is 0.222 e. The molecular formula is C16H18FN5S2. The van der Waals surface area contributed by atoms with Crippen LogP contribution in [0.2, 0.25) is 0 Å². The van der Waals surface area contributed by atoms with Gasteiger partial charge in [-0.15, -0.1) is 11.8 Å². The van der Waals surface area contributed by atoms with Gasteiger partial charge < -0.3 is 10.6 Å². The molecule has 3 aromatic rings. The van der Waals surface area contributed by atoms with E-state index in [0.29, 0.717) is 17.4 Å². The van der Waals surface area contributed by atoms with Crippen LogP contribution in [-0.2, 0) is 0 Å². The number of benzene rings is 1. The first-order valence-electron chi connectivity index (χ1n) is 7.54. The highest BCUT2D eigenvalue weighted by atomic mass is 32.2. The minimum atomic E-state index is -0.260. The Hall–Kier alpha value is -1.93. The molecule has 0 aliphatic heterocycles. The molecule has 5 nitrogen and oxygen atoms in total. The van der Waals surface area contributed by atoms with Crippen molar-refractivity contribution in [2.75, 3.05) is 30.0 Å². The van der Waals surface area contributed by atoms with E-state index in [-0.39, 0.29) is 5.82 Å². The Morgan fingerprint density at radius 1 is 1.21 bits per heavy atom. The van der Waals surface area contributed by atoms with Crippen molar-refractivity contribution in [3.63, 3.8) is 0 Å². The minimum absolute atomic E-state index is 0.260. The molecule has 0 amide bonds. The molecule has 0 fully saturated rings. The Balaban J connectivity index is 1.49. The summed E-state index contributed by atoms with van der Waals surface area (Å²) < 4.78 is 14.2. The van der Waals surface area contributed by atoms with Crippen LogP contribution in [0.25, 0.3) is 10.2 Å². The van der Waals surface area contributed by atoms with Gasteiger partial charge in [0.05, 0.1) is 10.2 Å². The summed E-state index contributed by atoms with van der Waals surface area (Å²) in [6, 6.07) is 4.67. The van der Waals surface area contributed by atoms with E-state index < -0.39 is 0 Å². The topological polar surface area (TPSA) is 62.7 Å². The van der Waals surface area contributed by atoms with Gasteiger partial charge in [0.25, 0.3) is 0 Å². The number of hydrogen-bond donors (Lipinski definition) is 2. The van der Waals surface area contributed by atoms with E-state index in [1.54, 1.807) is 17.8 Å². The second kappa shape index (κ2) is 7.76. The molecule has 2 heterocycles. The quantitative estimate of drug-likeness (QED) is 0.616. The van der Waals surface area contributed by atoms with Crippen LogP contribution in [0.1, 0.15) is 6.92 Å². The van der Waals surface area contributed by atoms with E-state index in [1.807, 2.05) is 18.6 Å². The van der Waals surface area contributed by atoms with Gasteiger partial charge in [0.15, 0.2) is 5.13 Å². The van der Waals surface area contributed by atoms with Gasteiger partial charge in [-0.25, -0.2) is 19.3 Å². The average Bonchev–Trinajstić information content (AvgIpc) is 3.00. The van der Waals surface area contributed by atoms with Crippen LogP contribution in [0.4, 0.5) is 15.5 Å². The smallest absolute Gasteiger partial charge is 0.222 e. The summed E-state index contributed by atoms with van der Waals surface area (Å²) in [5, 5.41) is 7.34. The third-order valence-corrected chi connectivity index (χ3v) is 5.10. The van der Waals surface area contributed by atoms with Gasteiger partial charge in [0.2, 0.25) is 5.95 Å². The summed E-state index contributed by atoms with van der Waals surface area (Å²) in [5.41, 5.74) is 0.690. The lowest BCUT2D eigenvalue weighted by Crippen LogP contribution is -2.20. The molecule has 0 saturated carbocycles. The Morgan fingerprint density at radius 3 is 2.71 bits per heavy atom. The van der Waals surface area contributed by atoms with Crippen molar-refractivity contribution < 1.29 is 4.39 Å². The first kappa shape index (κ1) is 16.9. The summed E-state index contributed by atoms with van der Waals surface area (Å²) >= 11 is 3.15. The SMILES string of the molecule is CSc1cnc(NC[C@H](C)CNc2nc3cc(F)ccc3s2)nc1. The zero-order valence-corrected chi connectivity index (χ0v) is 15.0. The standard InChI is InChI=1S/C16H18FN5S2/c1-10(6-18-15-19-8-12(23-2)9-20-15)7-21-16-22-13-5-11(17)3-4-14(13)24-16/h3-5,8-10H,6-7H2,1-2H3,(H,21,22)(H,18,19,20)/t10-/m0/s1. The fraction of sp³-hybridized carbons (Fsp3) is 0.312. The average molecular weight is 363 g/mol. The largest absolute Gasteiger partial charge is 0.361 e. The number of anilines is 2. The van der Waals surface area contributed by atoms with Gasteiger partial charge in [-0.2, -0.15) is 0 Å². The summed E-state index contributed by atoms with van der Waals surface area (Å²) in [6.07, 6.45) is 5.61. The highest BCUT2D eigenvalue weighted by Crippen LogP contribution is 2.26. The zero-order chi connectivity index (χ0) is 16.9. The van der Waals surface area contributed by atoms with Crippen molar-refractivity contribution in [1.29, 1.82) is 0 Å². The van der Waals surface area contributed by atoms with E-state index in [1.165, 1.54) is 23.5 Å². The van der Waals surface area contributed by atoms with Gasteiger partial charge in [-0.1, -0.05) is 18.3 Å². The molecule has 0 bridgehead atoms. The summed E-state index contributed by atoms with van der Waals surface area (Å²) in [5.74, 6) is 0.733. The molecule has 126 valence electrons. The molecule has 2 N–H and O–H groups in total. The third-order valence-electron chi connectivity index (χ3n) is 3.42. The number of nitrogens with one attached hydrogen (secondary N) is 2. The minimum Gasteiger partial charge on any atom is -0.361 e. The Bertz CT molecular complexity index is 806. The van der Waals surface area contributed by atoms with Gasteiger partial charge in [-0.05, 0) is 24.3 Å². The maximum atomic E-state index is 13.2. The second-order valence-electron chi connectivity index (χ2n) is 5.44. The number of hydrogen-bond acceptors (Lipinski definition) is 7. The van der Waals surface area contributed by atoms with Crippen LogP contribution in [0.5, 0.6) is 0 Å². The van der Waals surface area contributed by atoms with E-state index in [9.17, 15) is 4.39 Å².